The zero-order valence-corrected chi connectivity index (χ0v) is 22.1. The van der Waals surface area contributed by atoms with Crippen molar-refractivity contribution in [3.8, 4) is 0 Å². The molecule has 194 valence electrons. The number of halogens is 3. The molecular weight excluding hydrogens is 563 g/mol. The Morgan fingerprint density at radius 2 is 1.19 bits per heavy atom. The van der Waals surface area contributed by atoms with Crippen LogP contribution >= 0.6 is 46.6 Å². The fourth-order valence-electron chi connectivity index (χ4n) is 3.18. The van der Waals surface area contributed by atoms with Gasteiger partial charge in [0.15, 0.2) is 0 Å². The SMILES string of the molecule is O=C(O)c1ccc(Cl)cc1.O=C(OC[C@@H]1SC(O)CC1OC(=O)c1ccc(Cl)cc1)c1ccc(Cl)cc1. The topological polar surface area (TPSA) is 110 Å². The summed E-state index contributed by atoms with van der Waals surface area (Å²) in [5.74, 6) is -1.95. The molecule has 11 heteroatoms. The first-order valence-corrected chi connectivity index (χ1v) is 12.9. The molecule has 1 aliphatic rings. The maximum Gasteiger partial charge on any atom is 0.338 e. The van der Waals surface area contributed by atoms with Crippen molar-refractivity contribution in [3.05, 3.63) is 105 Å². The van der Waals surface area contributed by atoms with E-state index in [1.54, 1.807) is 60.7 Å². The summed E-state index contributed by atoms with van der Waals surface area (Å²) in [6.45, 7) is 0.0156. The molecule has 1 saturated heterocycles. The molecule has 0 aliphatic carbocycles. The van der Waals surface area contributed by atoms with Crippen molar-refractivity contribution in [2.24, 2.45) is 0 Å². The van der Waals surface area contributed by atoms with Crippen LogP contribution in [0.4, 0.5) is 0 Å². The first-order chi connectivity index (χ1) is 17.6. The summed E-state index contributed by atoms with van der Waals surface area (Å²) in [4.78, 5) is 34.7. The van der Waals surface area contributed by atoms with Gasteiger partial charge in [0.2, 0.25) is 0 Å². The van der Waals surface area contributed by atoms with Crippen molar-refractivity contribution in [2.75, 3.05) is 6.61 Å². The number of carbonyl (C=O) groups is 3. The van der Waals surface area contributed by atoms with E-state index in [0.717, 1.165) is 0 Å². The number of carboxylic acids is 1. The largest absolute Gasteiger partial charge is 0.478 e. The minimum absolute atomic E-state index is 0.0156. The van der Waals surface area contributed by atoms with Crippen LogP contribution in [0.3, 0.4) is 0 Å². The maximum atomic E-state index is 12.3. The van der Waals surface area contributed by atoms with Crippen LogP contribution in [-0.2, 0) is 9.47 Å². The number of ether oxygens (including phenoxy) is 2. The van der Waals surface area contributed by atoms with Gasteiger partial charge >= 0.3 is 17.9 Å². The number of hydrogen-bond acceptors (Lipinski definition) is 7. The highest BCUT2D eigenvalue weighted by atomic mass is 35.5. The molecule has 3 atom stereocenters. The number of aromatic carboxylic acids is 1. The number of esters is 2. The van der Waals surface area contributed by atoms with Gasteiger partial charge < -0.3 is 19.7 Å². The summed E-state index contributed by atoms with van der Waals surface area (Å²) < 4.78 is 10.8. The first-order valence-electron chi connectivity index (χ1n) is 10.8. The Kier molecular flexibility index (Phi) is 10.7. The van der Waals surface area contributed by atoms with E-state index in [1.165, 1.54) is 23.9 Å². The number of aliphatic hydroxyl groups excluding tert-OH is 1. The van der Waals surface area contributed by atoms with Crippen molar-refractivity contribution in [2.45, 2.75) is 23.2 Å². The number of hydrogen-bond donors (Lipinski definition) is 2. The lowest BCUT2D eigenvalue weighted by molar-refractivity contribution is 0.0178. The van der Waals surface area contributed by atoms with Crippen LogP contribution in [0, 0.1) is 0 Å². The average Bonchev–Trinajstić information content (AvgIpc) is 3.22. The summed E-state index contributed by atoms with van der Waals surface area (Å²) in [6.07, 6.45) is -0.293. The molecule has 1 aliphatic heterocycles. The highest BCUT2D eigenvalue weighted by Gasteiger charge is 2.38. The quantitative estimate of drug-likeness (QED) is 0.328. The Morgan fingerprint density at radius 1 is 0.757 bits per heavy atom. The van der Waals surface area contributed by atoms with Gasteiger partial charge in [-0.3, -0.25) is 0 Å². The number of carboxylic acid groups (broad SMARTS) is 1. The Labute approximate surface area is 232 Å². The van der Waals surface area contributed by atoms with Crippen LogP contribution in [0.25, 0.3) is 0 Å². The first kappa shape index (κ1) is 28.8. The van der Waals surface area contributed by atoms with Crippen molar-refractivity contribution in [1.82, 2.24) is 0 Å². The predicted octanol–water partition coefficient (Wildman–Crippen LogP) is 6.24. The molecular formula is C26H21Cl3O7S. The number of rotatable bonds is 6. The molecule has 3 aromatic rings. The Morgan fingerprint density at radius 3 is 1.65 bits per heavy atom. The number of benzene rings is 3. The van der Waals surface area contributed by atoms with E-state index in [1.807, 2.05) is 0 Å². The second-order valence-electron chi connectivity index (χ2n) is 7.73. The Bertz CT molecular complexity index is 1220. The lowest BCUT2D eigenvalue weighted by Gasteiger charge is -2.19. The summed E-state index contributed by atoms with van der Waals surface area (Å²) in [5.41, 5.74) is 0.303. The van der Waals surface area contributed by atoms with E-state index in [0.29, 0.717) is 26.2 Å². The molecule has 0 saturated carbocycles. The van der Waals surface area contributed by atoms with Gasteiger partial charge in [0, 0.05) is 21.5 Å². The molecule has 1 heterocycles. The molecule has 0 amide bonds. The summed E-state index contributed by atoms with van der Waals surface area (Å²) in [6, 6.07) is 18.7. The lowest BCUT2D eigenvalue weighted by atomic mass is 10.2. The molecule has 0 radical (unpaired) electrons. The highest BCUT2D eigenvalue weighted by molar-refractivity contribution is 8.00. The molecule has 4 rings (SSSR count). The van der Waals surface area contributed by atoms with E-state index in [9.17, 15) is 19.5 Å². The van der Waals surface area contributed by atoms with Crippen molar-refractivity contribution >= 4 is 64.5 Å². The minimum atomic E-state index is -0.934. The van der Waals surface area contributed by atoms with Gasteiger partial charge in [0.1, 0.15) is 18.1 Å². The van der Waals surface area contributed by atoms with Crippen LogP contribution in [0.5, 0.6) is 0 Å². The smallest absolute Gasteiger partial charge is 0.338 e. The number of aliphatic hydroxyl groups is 1. The van der Waals surface area contributed by atoms with Gasteiger partial charge in [-0.2, -0.15) is 0 Å². The monoisotopic (exact) mass is 582 g/mol. The molecule has 1 fully saturated rings. The van der Waals surface area contributed by atoms with E-state index < -0.39 is 29.4 Å². The van der Waals surface area contributed by atoms with E-state index in [2.05, 4.69) is 0 Å². The van der Waals surface area contributed by atoms with Crippen LogP contribution < -0.4 is 0 Å². The van der Waals surface area contributed by atoms with Gasteiger partial charge in [-0.05, 0) is 72.8 Å². The van der Waals surface area contributed by atoms with Crippen molar-refractivity contribution in [3.63, 3.8) is 0 Å². The third-order valence-electron chi connectivity index (χ3n) is 5.07. The zero-order chi connectivity index (χ0) is 26.9. The van der Waals surface area contributed by atoms with Gasteiger partial charge in [-0.25, -0.2) is 14.4 Å². The highest BCUT2D eigenvalue weighted by Crippen LogP contribution is 2.35. The van der Waals surface area contributed by atoms with Crippen LogP contribution in [0.1, 0.15) is 37.5 Å². The second kappa shape index (κ2) is 13.7. The Balaban J connectivity index is 0.000000319. The predicted molar refractivity (Wildman–Crippen MR) is 143 cm³/mol. The van der Waals surface area contributed by atoms with E-state index >= 15 is 0 Å². The molecule has 0 aromatic heterocycles. The summed E-state index contributed by atoms with van der Waals surface area (Å²) in [7, 11) is 0. The molecule has 7 nitrogen and oxygen atoms in total. The molecule has 37 heavy (non-hydrogen) atoms. The maximum absolute atomic E-state index is 12.3. The van der Waals surface area contributed by atoms with E-state index in [4.69, 9.17) is 49.4 Å². The molecule has 2 unspecified atom stereocenters. The average molecular weight is 584 g/mol. The van der Waals surface area contributed by atoms with Crippen LogP contribution in [0.2, 0.25) is 15.1 Å². The standard InChI is InChI=1S/C19H16Cl2O5S.C7H5ClO2/c20-13-5-1-11(2-6-13)18(23)25-10-16-15(9-17(22)27-16)26-19(24)12-3-7-14(21)8-4-12;8-6-3-1-5(2-4-6)7(9)10/h1-8,15-17,22H,9-10H2;1-4H,(H,9,10)/t15?,16-,17?;/m0./s1. The van der Waals surface area contributed by atoms with Crippen molar-refractivity contribution < 1.29 is 34.1 Å². The van der Waals surface area contributed by atoms with Crippen LogP contribution in [-0.4, -0.2) is 51.5 Å². The normalized spacial score (nSPS) is 18.3. The second-order valence-corrected chi connectivity index (χ2v) is 10.5. The minimum Gasteiger partial charge on any atom is -0.478 e. The number of carbonyl (C=O) groups excluding carboxylic acids is 2. The van der Waals surface area contributed by atoms with Gasteiger partial charge in [0.25, 0.3) is 0 Å². The van der Waals surface area contributed by atoms with Crippen molar-refractivity contribution in [1.29, 1.82) is 0 Å². The molecule has 0 spiro atoms. The fourth-order valence-corrected chi connectivity index (χ4v) is 4.75. The fraction of sp³-hybridized carbons (Fsp3) is 0.192. The lowest BCUT2D eigenvalue weighted by Crippen LogP contribution is -2.29. The van der Waals surface area contributed by atoms with Gasteiger partial charge in [-0.1, -0.05) is 34.8 Å². The summed E-state index contributed by atoms with van der Waals surface area (Å²) in [5, 5.41) is 19.6. The molecule has 2 N–H and O–H groups in total. The van der Waals surface area contributed by atoms with Gasteiger partial charge in [-0.15, -0.1) is 11.8 Å². The third kappa shape index (κ3) is 8.94. The summed E-state index contributed by atoms with van der Waals surface area (Å²) >= 11 is 18.4. The van der Waals surface area contributed by atoms with Crippen LogP contribution in [0.15, 0.2) is 72.8 Å². The zero-order valence-electron chi connectivity index (χ0n) is 19.1. The number of thioether (sulfide) groups is 1. The van der Waals surface area contributed by atoms with Gasteiger partial charge in [0.05, 0.1) is 21.9 Å². The molecule has 0 bridgehead atoms. The third-order valence-corrected chi connectivity index (χ3v) is 7.12. The van der Waals surface area contributed by atoms with E-state index in [-0.39, 0.29) is 23.8 Å². The molecule has 3 aromatic carbocycles. The Hall–Kier alpha value is -2.75.